The van der Waals surface area contributed by atoms with Gasteiger partial charge in [-0.05, 0) is 6.42 Å². The molecule has 0 heterocycles. The van der Waals surface area contributed by atoms with Gasteiger partial charge in [0.15, 0.2) is 0 Å². The first-order valence-electron chi connectivity index (χ1n) is 1.50. The number of rotatable bonds is 1. The Labute approximate surface area is 51.5 Å². The Kier molecular flexibility index (Phi) is 16.4. The molecule has 0 spiro atoms. The van der Waals surface area contributed by atoms with Gasteiger partial charge >= 0.3 is 0 Å². The van der Waals surface area contributed by atoms with E-state index in [0.29, 0.717) is 0 Å². The van der Waals surface area contributed by atoms with E-state index < -0.39 is 0 Å². The minimum Gasteiger partial charge on any atom is -0.237 e. The van der Waals surface area contributed by atoms with E-state index >= 15 is 0 Å². The molecule has 0 aliphatic carbocycles. The molecule has 0 atom stereocenters. The smallest absolute Gasteiger partial charge is 0.0819 e. The van der Waals surface area contributed by atoms with Crippen LogP contribution in [-0.4, -0.2) is 6.61 Å². The van der Waals surface area contributed by atoms with Crippen LogP contribution in [0.1, 0.15) is 13.3 Å². The van der Waals surface area contributed by atoms with Crippen LogP contribution < -0.4 is 0 Å². The van der Waals surface area contributed by atoms with Crippen molar-refractivity contribution in [2.45, 2.75) is 13.3 Å². The standard InChI is InChI=1S/C3H7O.Zr/c1-2-3-4;/h2-3H2,1H3;. The number of hydrogen-bond donors (Lipinski definition) is 0. The zero-order valence-electron chi connectivity index (χ0n) is 3.32. The molecule has 1 nitrogen and oxygen atoms in total. The van der Waals surface area contributed by atoms with E-state index in [2.05, 4.69) is 0 Å². The molecule has 0 amide bonds. The van der Waals surface area contributed by atoms with Crippen molar-refractivity contribution in [3.63, 3.8) is 0 Å². The molecule has 0 bridgehead atoms. The fourth-order valence-corrected chi connectivity index (χ4v) is 0. The van der Waals surface area contributed by atoms with Crippen LogP contribution in [0.25, 0.3) is 0 Å². The zero-order valence-corrected chi connectivity index (χ0v) is 5.78. The Morgan fingerprint density at radius 3 is 1.80 bits per heavy atom. The van der Waals surface area contributed by atoms with Gasteiger partial charge in [-0.2, -0.15) is 0 Å². The van der Waals surface area contributed by atoms with Crippen molar-refractivity contribution in [3.05, 3.63) is 0 Å². The van der Waals surface area contributed by atoms with Crippen molar-refractivity contribution in [2.24, 2.45) is 0 Å². The molecule has 0 aromatic carbocycles. The van der Waals surface area contributed by atoms with Crippen LogP contribution in [0.15, 0.2) is 0 Å². The summed E-state index contributed by atoms with van der Waals surface area (Å²) in [5.74, 6) is 0. The fraction of sp³-hybridized carbons (Fsp3) is 1.00. The van der Waals surface area contributed by atoms with Crippen molar-refractivity contribution >= 4 is 0 Å². The maximum Gasteiger partial charge on any atom is 0.0819 e. The Balaban J connectivity index is 0. The van der Waals surface area contributed by atoms with E-state index in [4.69, 9.17) is 0 Å². The second kappa shape index (κ2) is 8.85. The largest absolute Gasteiger partial charge is 0.237 e. The Morgan fingerprint density at radius 2 is 1.80 bits per heavy atom. The van der Waals surface area contributed by atoms with Crippen molar-refractivity contribution < 1.29 is 31.3 Å². The summed E-state index contributed by atoms with van der Waals surface area (Å²) in [7, 11) is 0. The van der Waals surface area contributed by atoms with Gasteiger partial charge in [-0.3, -0.25) is 0 Å². The Hall–Kier alpha value is 0.843. The molecule has 29 valence electrons. The Morgan fingerprint density at radius 1 is 1.60 bits per heavy atom. The predicted molar refractivity (Wildman–Crippen MR) is 15.8 cm³/mol. The van der Waals surface area contributed by atoms with Gasteiger partial charge in [0.25, 0.3) is 0 Å². The summed E-state index contributed by atoms with van der Waals surface area (Å²) >= 11 is 0. The Bertz CT molecular complexity index is 8.85. The van der Waals surface area contributed by atoms with Gasteiger partial charge in [0.2, 0.25) is 0 Å². The molecule has 0 aromatic rings. The minimum atomic E-state index is 0. The third kappa shape index (κ3) is 11.5. The molecule has 1 radical (unpaired) electrons. The maximum atomic E-state index is 9.30. The summed E-state index contributed by atoms with van der Waals surface area (Å²) in [5, 5.41) is 9.30. The molecular weight excluding hydrogens is 143 g/mol. The molecule has 0 rings (SSSR count). The van der Waals surface area contributed by atoms with Crippen molar-refractivity contribution in [1.29, 1.82) is 0 Å². The molecule has 0 unspecified atom stereocenters. The quantitative estimate of drug-likeness (QED) is 0.527. The zero-order chi connectivity index (χ0) is 3.41. The molecular formula is C3H7OZr. The minimum absolute atomic E-state index is 0. The normalized spacial score (nSPS) is 6.00. The molecule has 0 saturated carbocycles. The summed E-state index contributed by atoms with van der Waals surface area (Å²) in [5.41, 5.74) is 0. The van der Waals surface area contributed by atoms with Crippen LogP contribution in [-0.2, 0) is 31.3 Å². The third-order valence-electron chi connectivity index (χ3n) is 0.204. The van der Waals surface area contributed by atoms with E-state index in [0.717, 1.165) is 6.42 Å². The average Bonchev–Trinajstić information content (AvgIpc) is 1.37. The van der Waals surface area contributed by atoms with Crippen molar-refractivity contribution in [2.75, 3.05) is 6.61 Å². The second-order valence-corrected chi connectivity index (χ2v) is 0.704. The van der Waals surface area contributed by atoms with Crippen LogP contribution in [0.4, 0.5) is 0 Å². The molecule has 0 saturated heterocycles. The molecule has 5 heavy (non-hydrogen) atoms. The monoisotopic (exact) mass is 149 g/mol. The van der Waals surface area contributed by atoms with Gasteiger partial charge in [0.05, 0.1) is 6.61 Å². The first kappa shape index (κ1) is 9.28. The van der Waals surface area contributed by atoms with Crippen LogP contribution in [0.2, 0.25) is 0 Å². The van der Waals surface area contributed by atoms with Crippen molar-refractivity contribution in [3.8, 4) is 0 Å². The van der Waals surface area contributed by atoms with Gasteiger partial charge in [-0.1, -0.05) is 6.92 Å². The molecule has 0 fully saturated rings. The maximum absolute atomic E-state index is 9.30. The van der Waals surface area contributed by atoms with Gasteiger partial charge in [-0.25, -0.2) is 5.11 Å². The van der Waals surface area contributed by atoms with Crippen molar-refractivity contribution in [1.82, 2.24) is 0 Å². The van der Waals surface area contributed by atoms with Crippen LogP contribution in [0.5, 0.6) is 0 Å². The van der Waals surface area contributed by atoms with E-state index in [-0.39, 0.29) is 32.8 Å². The van der Waals surface area contributed by atoms with Gasteiger partial charge < -0.3 is 0 Å². The van der Waals surface area contributed by atoms with Crippen LogP contribution >= 0.6 is 0 Å². The average molecular weight is 150 g/mol. The van der Waals surface area contributed by atoms with E-state index in [1.807, 2.05) is 6.92 Å². The van der Waals surface area contributed by atoms with Gasteiger partial charge in [0.1, 0.15) is 0 Å². The van der Waals surface area contributed by atoms with Gasteiger partial charge in [0, 0.05) is 26.2 Å². The summed E-state index contributed by atoms with van der Waals surface area (Å²) in [6.45, 7) is 1.94. The van der Waals surface area contributed by atoms with E-state index in [1.165, 1.54) is 0 Å². The molecule has 2 heteroatoms. The van der Waals surface area contributed by atoms with E-state index in [9.17, 15) is 5.11 Å². The van der Waals surface area contributed by atoms with E-state index in [1.54, 1.807) is 0 Å². The van der Waals surface area contributed by atoms with Crippen LogP contribution in [0.3, 0.4) is 0 Å². The molecule has 0 N–H and O–H groups in total. The number of hydrogen-bond acceptors (Lipinski definition) is 0. The third-order valence-corrected chi connectivity index (χ3v) is 0.204. The summed E-state index contributed by atoms with van der Waals surface area (Å²) in [4.78, 5) is 0. The molecule has 0 aromatic heterocycles. The molecule has 0 aliphatic rings. The molecule has 0 aliphatic heterocycles. The summed E-state index contributed by atoms with van der Waals surface area (Å²) < 4.78 is 0. The van der Waals surface area contributed by atoms with Gasteiger partial charge in [-0.15, -0.1) is 0 Å². The topological polar surface area (TPSA) is 19.9 Å². The first-order chi connectivity index (χ1) is 1.91. The fourth-order valence-electron chi connectivity index (χ4n) is 0. The second-order valence-electron chi connectivity index (χ2n) is 0.704. The summed E-state index contributed by atoms with van der Waals surface area (Å²) in [6.07, 6.45) is 0.764. The first-order valence-corrected chi connectivity index (χ1v) is 1.50. The van der Waals surface area contributed by atoms with Crippen LogP contribution in [0, 0.1) is 0 Å². The SMILES string of the molecule is CCC[O].[Zr]. The summed E-state index contributed by atoms with van der Waals surface area (Å²) in [6, 6.07) is 0. The predicted octanol–water partition coefficient (Wildman–Crippen LogP) is 0.824.